The lowest BCUT2D eigenvalue weighted by molar-refractivity contribution is 0.0528. The molecular formula is C17H17N3O3. The number of nitrogens with zero attached hydrogens (tertiary/aromatic N) is 2. The first-order valence-corrected chi connectivity index (χ1v) is 7.42. The Hall–Kier alpha value is -2.89. The van der Waals surface area contributed by atoms with Gasteiger partial charge in [0.05, 0.1) is 6.61 Å². The van der Waals surface area contributed by atoms with Crippen molar-refractivity contribution in [3.63, 3.8) is 0 Å². The van der Waals surface area contributed by atoms with Crippen LogP contribution in [-0.4, -0.2) is 27.2 Å². The van der Waals surface area contributed by atoms with Crippen LogP contribution in [0.25, 0.3) is 5.65 Å². The molecule has 0 aliphatic rings. The summed E-state index contributed by atoms with van der Waals surface area (Å²) < 4.78 is 6.27. The topological polar surface area (TPSA) is 76.5 Å². The number of hydrogen-bond donors (Lipinski definition) is 1. The van der Waals surface area contributed by atoms with Crippen molar-refractivity contribution >= 4 is 11.6 Å². The molecule has 0 saturated carbocycles. The summed E-state index contributed by atoms with van der Waals surface area (Å²) in [7, 11) is 0. The lowest BCUT2D eigenvalue weighted by atomic mass is 10.1. The maximum absolute atomic E-state index is 12.7. The van der Waals surface area contributed by atoms with Crippen LogP contribution in [0.5, 0.6) is 0 Å². The first-order valence-electron chi connectivity index (χ1n) is 7.42. The Morgan fingerprint density at radius 2 is 2.04 bits per heavy atom. The molecule has 0 unspecified atom stereocenters. The number of rotatable bonds is 4. The van der Waals surface area contributed by atoms with Gasteiger partial charge in [-0.15, -0.1) is 0 Å². The van der Waals surface area contributed by atoms with Gasteiger partial charge in [-0.2, -0.15) is 0 Å². The van der Waals surface area contributed by atoms with Gasteiger partial charge < -0.3 is 4.74 Å². The number of ether oxygens (including phenoxy) is 1. The monoisotopic (exact) mass is 311 g/mol. The maximum Gasteiger partial charge on any atom is 0.343 e. The molecule has 6 nitrogen and oxygen atoms in total. The van der Waals surface area contributed by atoms with E-state index in [1.165, 1.54) is 10.7 Å². The minimum atomic E-state index is -0.492. The van der Waals surface area contributed by atoms with Crippen LogP contribution in [0.15, 0.2) is 41.3 Å². The summed E-state index contributed by atoms with van der Waals surface area (Å²) in [5.41, 5.74) is 2.61. The second kappa shape index (κ2) is 6.08. The number of esters is 1. The van der Waals surface area contributed by atoms with E-state index in [2.05, 4.69) is 10.1 Å². The predicted molar refractivity (Wildman–Crippen MR) is 85.8 cm³/mol. The van der Waals surface area contributed by atoms with Crippen LogP contribution in [0.2, 0.25) is 0 Å². The Balaban J connectivity index is 2.09. The van der Waals surface area contributed by atoms with Crippen LogP contribution >= 0.6 is 0 Å². The molecule has 1 N–H and O–H groups in total. The molecule has 0 saturated heterocycles. The van der Waals surface area contributed by atoms with E-state index in [4.69, 9.17) is 4.74 Å². The Morgan fingerprint density at radius 1 is 1.30 bits per heavy atom. The van der Waals surface area contributed by atoms with E-state index in [0.717, 1.165) is 5.56 Å². The van der Waals surface area contributed by atoms with Gasteiger partial charge in [-0.3, -0.25) is 9.89 Å². The molecule has 0 spiro atoms. The zero-order valence-electron chi connectivity index (χ0n) is 13.0. The minimum absolute atomic E-state index is 0.202. The molecule has 0 amide bonds. The third-order valence-corrected chi connectivity index (χ3v) is 3.68. The number of hydrogen-bond acceptors (Lipinski definition) is 4. The number of fused-ring (bicyclic) bond motifs is 1. The first-order chi connectivity index (χ1) is 11.1. The van der Waals surface area contributed by atoms with Crippen LogP contribution < -0.4 is 5.56 Å². The van der Waals surface area contributed by atoms with Gasteiger partial charge in [-0.05, 0) is 19.4 Å². The fraction of sp³-hybridized carbons (Fsp3) is 0.235. The molecule has 0 aliphatic heterocycles. The van der Waals surface area contributed by atoms with E-state index in [-0.39, 0.29) is 17.7 Å². The van der Waals surface area contributed by atoms with Crippen molar-refractivity contribution in [2.24, 2.45) is 0 Å². The van der Waals surface area contributed by atoms with E-state index in [0.29, 0.717) is 23.3 Å². The van der Waals surface area contributed by atoms with Gasteiger partial charge in [0.2, 0.25) is 0 Å². The van der Waals surface area contributed by atoms with Crippen LogP contribution in [0.1, 0.15) is 34.1 Å². The summed E-state index contributed by atoms with van der Waals surface area (Å²) in [4.78, 5) is 29.0. The zero-order chi connectivity index (χ0) is 16.4. The zero-order valence-corrected chi connectivity index (χ0v) is 13.0. The van der Waals surface area contributed by atoms with E-state index in [1.807, 2.05) is 30.3 Å². The van der Waals surface area contributed by atoms with E-state index >= 15 is 0 Å². The molecule has 3 rings (SSSR count). The molecule has 0 aliphatic carbocycles. The Morgan fingerprint density at radius 3 is 2.74 bits per heavy atom. The van der Waals surface area contributed by atoms with Crippen molar-refractivity contribution in [1.29, 1.82) is 0 Å². The van der Waals surface area contributed by atoms with E-state index in [1.54, 1.807) is 13.8 Å². The van der Waals surface area contributed by atoms with Crippen molar-refractivity contribution < 1.29 is 9.53 Å². The molecule has 23 heavy (non-hydrogen) atoms. The van der Waals surface area contributed by atoms with Gasteiger partial charge in [0.15, 0.2) is 5.65 Å². The van der Waals surface area contributed by atoms with Gasteiger partial charge in [0.25, 0.3) is 5.56 Å². The summed E-state index contributed by atoms with van der Waals surface area (Å²) in [5, 5.41) is 2.79. The molecule has 0 bridgehead atoms. The average molecular weight is 311 g/mol. The van der Waals surface area contributed by atoms with E-state index < -0.39 is 5.97 Å². The Bertz CT molecular complexity index is 910. The van der Waals surface area contributed by atoms with Crippen LogP contribution in [0.3, 0.4) is 0 Å². The number of nitrogens with one attached hydrogen (secondary N) is 1. The Kier molecular flexibility index (Phi) is 3.97. The molecular weight excluding hydrogens is 294 g/mol. The van der Waals surface area contributed by atoms with Gasteiger partial charge in [0, 0.05) is 23.9 Å². The van der Waals surface area contributed by atoms with Gasteiger partial charge >= 0.3 is 5.97 Å². The van der Waals surface area contributed by atoms with Gasteiger partial charge in [-0.1, -0.05) is 30.3 Å². The fourth-order valence-electron chi connectivity index (χ4n) is 2.52. The molecule has 2 aromatic heterocycles. The lowest BCUT2D eigenvalue weighted by Gasteiger charge is -2.06. The summed E-state index contributed by atoms with van der Waals surface area (Å²) in [6, 6.07) is 9.73. The number of carbonyl (C=O) groups excluding carboxylic acids is 1. The second-order valence-electron chi connectivity index (χ2n) is 5.21. The average Bonchev–Trinajstić information content (AvgIpc) is 2.96. The van der Waals surface area contributed by atoms with Crippen molar-refractivity contribution in [3.05, 3.63) is 69.3 Å². The maximum atomic E-state index is 12.7. The second-order valence-corrected chi connectivity index (χ2v) is 5.21. The van der Waals surface area contributed by atoms with Crippen LogP contribution in [0.4, 0.5) is 0 Å². The quantitative estimate of drug-likeness (QED) is 0.749. The molecule has 0 fully saturated rings. The highest BCUT2D eigenvalue weighted by Crippen LogP contribution is 2.13. The highest BCUT2D eigenvalue weighted by Gasteiger charge is 2.18. The number of benzene rings is 1. The molecule has 1 aromatic carbocycles. The summed E-state index contributed by atoms with van der Waals surface area (Å²) >= 11 is 0. The molecule has 0 radical (unpaired) electrons. The highest BCUT2D eigenvalue weighted by atomic mass is 16.5. The number of aromatic amines is 1. The largest absolute Gasteiger partial charge is 0.462 e. The van der Waals surface area contributed by atoms with Crippen LogP contribution in [-0.2, 0) is 11.2 Å². The molecule has 3 aromatic rings. The molecule has 118 valence electrons. The van der Waals surface area contributed by atoms with Crippen LogP contribution in [0, 0.1) is 6.92 Å². The van der Waals surface area contributed by atoms with Gasteiger partial charge in [-0.25, -0.2) is 14.3 Å². The third-order valence-electron chi connectivity index (χ3n) is 3.68. The first kappa shape index (κ1) is 15.0. The van der Waals surface area contributed by atoms with E-state index in [9.17, 15) is 9.59 Å². The molecule has 6 heteroatoms. The standard InChI is InChI=1S/C17H17N3O3/c1-3-23-17(22)14-10-18-20-15(14)19-11(2)13(16(20)21)9-12-7-5-4-6-8-12/h4-8,10,18H,3,9H2,1-2H3. The Labute approximate surface area is 132 Å². The van der Waals surface area contributed by atoms with Gasteiger partial charge in [0.1, 0.15) is 5.56 Å². The van der Waals surface area contributed by atoms with Crippen molar-refractivity contribution in [3.8, 4) is 0 Å². The lowest BCUT2D eigenvalue weighted by Crippen LogP contribution is -2.22. The van der Waals surface area contributed by atoms with Crippen molar-refractivity contribution in [2.45, 2.75) is 20.3 Å². The third kappa shape index (κ3) is 2.75. The normalized spacial score (nSPS) is 10.9. The number of carbonyl (C=O) groups is 1. The summed E-state index contributed by atoms with van der Waals surface area (Å²) in [6.45, 7) is 3.78. The highest BCUT2D eigenvalue weighted by molar-refractivity contribution is 5.95. The number of H-pyrrole nitrogens is 1. The van der Waals surface area contributed by atoms with Crippen molar-refractivity contribution in [1.82, 2.24) is 14.6 Å². The number of aryl methyl sites for hydroxylation is 1. The predicted octanol–water partition coefficient (Wildman–Crippen LogP) is 2.10. The molecule has 2 heterocycles. The molecule has 0 atom stereocenters. The number of aromatic nitrogens is 3. The van der Waals surface area contributed by atoms with Crippen molar-refractivity contribution in [2.75, 3.05) is 6.61 Å². The fourth-order valence-corrected chi connectivity index (χ4v) is 2.52. The smallest absolute Gasteiger partial charge is 0.343 e. The summed E-state index contributed by atoms with van der Waals surface area (Å²) in [6.07, 6.45) is 1.95. The minimum Gasteiger partial charge on any atom is -0.462 e. The SMILES string of the molecule is CCOC(=O)c1c[nH]n2c(=O)c(Cc3ccccc3)c(C)nc12. The summed E-state index contributed by atoms with van der Waals surface area (Å²) in [5.74, 6) is -0.492.